The zero-order chi connectivity index (χ0) is 10.8. The second kappa shape index (κ2) is 4.08. The molecule has 0 unspecified atom stereocenters. The molecule has 82 valence electrons. The Morgan fingerprint density at radius 2 is 2.27 bits per heavy atom. The molecule has 1 saturated heterocycles. The first kappa shape index (κ1) is 10.3. The van der Waals surface area contributed by atoms with E-state index in [0.29, 0.717) is 18.8 Å². The molecule has 0 radical (unpaired) electrons. The Morgan fingerprint density at radius 3 is 2.87 bits per heavy atom. The number of rotatable bonds is 2. The van der Waals surface area contributed by atoms with Crippen LogP contribution < -0.4 is 4.74 Å². The summed E-state index contributed by atoms with van der Waals surface area (Å²) in [4.78, 5) is 0. The van der Waals surface area contributed by atoms with Crippen molar-refractivity contribution in [2.24, 2.45) is 0 Å². The lowest BCUT2D eigenvalue weighted by Crippen LogP contribution is -2.27. The number of aliphatic hydroxyl groups excluding tert-OH is 1. The van der Waals surface area contributed by atoms with Gasteiger partial charge in [-0.05, 0) is 30.7 Å². The highest BCUT2D eigenvalue weighted by Crippen LogP contribution is 2.25. The second-order valence-corrected chi connectivity index (χ2v) is 3.66. The van der Waals surface area contributed by atoms with Crippen molar-refractivity contribution < 1.29 is 19.7 Å². The molecular weight excluding hydrogens is 196 g/mol. The van der Waals surface area contributed by atoms with Crippen LogP contribution in [0.5, 0.6) is 11.5 Å². The highest BCUT2D eigenvalue weighted by Gasteiger charge is 2.27. The van der Waals surface area contributed by atoms with Gasteiger partial charge in [-0.25, -0.2) is 0 Å². The predicted molar refractivity (Wildman–Crippen MR) is 53.8 cm³/mol. The molecule has 0 aromatic heterocycles. The normalized spacial score (nSPS) is 25.5. The van der Waals surface area contributed by atoms with Crippen LogP contribution in [0, 0.1) is 6.92 Å². The summed E-state index contributed by atoms with van der Waals surface area (Å²) in [5.74, 6) is 0.825. The Balaban J connectivity index is 2.07. The molecule has 1 fully saturated rings. The van der Waals surface area contributed by atoms with Gasteiger partial charge in [-0.15, -0.1) is 0 Å². The minimum absolute atomic E-state index is 0.232. The van der Waals surface area contributed by atoms with Gasteiger partial charge in [-0.2, -0.15) is 0 Å². The lowest BCUT2D eigenvalue weighted by molar-refractivity contribution is -0.0891. The molecule has 1 aliphatic rings. The number of aromatic hydroxyl groups is 1. The Kier molecular flexibility index (Phi) is 2.79. The Morgan fingerprint density at radius 1 is 1.47 bits per heavy atom. The maximum Gasteiger partial charge on any atom is 0.226 e. The molecule has 2 N–H and O–H groups in total. The van der Waals surface area contributed by atoms with Gasteiger partial charge in [0.2, 0.25) is 6.29 Å². The van der Waals surface area contributed by atoms with Crippen molar-refractivity contribution in [2.75, 3.05) is 6.61 Å². The number of aryl methyl sites for hydroxylation is 1. The minimum atomic E-state index is -0.589. The van der Waals surface area contributed by atoms with E-state index < -0.39 is 12.4 Å². The molecule has 15 heavy (non-hydrogen) atoms. The van der Waals surface area contributed by atoms with Gasteiger partial charge in [0.05, 0.1) is 6.61 Å². The summed E-state index contributed by atoms with van der Waals surface area (Å²) in [5, 5.41) is 18.8. The summed E-state index contributed by atoms with van der Waals surface area (Å²) in [5.41, 5.74) is 0.736. The van der Waals surface area contributed by atoms with E-state index in [1.807, 2.05) is 0 Å². The van der Waals surface area contributed by atoms with Crippen LogP contribution in [0.2, 0.25) is 0 Å². The molecule has 4 nitrogen and oxygen atoms in total. The van der Waals surface area contributed by atoms with E-state index >= 15 is 0 Å². The van der Waals surface area contributed by atoms with Crippen LogP contribution in [-0.2, 0) is 4.74 Å². The van der Waals surface area contributed by atoms with Crippen LogP contribution in [0.3, 0.4) is 0 Å². The smallest absolute Gasteiger partial charge is 0.226 e. The van der Waals surface area contributed by atoms with E-state index in [1.165, 1.54) is 0 Å². The third kappa shape index (κ3) is 2.22. The first-order valence-electron chi connectivity index (χ1n) is 4.93. The van der Waals surface area contributed by atoms with Crippen molar-refractivity contribution in [2.45, 2.75) is 25.7 Å². The van der Waals surface area contributed by atoms with Gasteiger partial charge in [-0.1, -0.05) is 0 Å². The average Bonchev–Trinajstić information content (AvgIpc) is 2.59. The number of benzene rings is 1. The van der Waals surface area contributed by atoms with E-state index in [1.54, 1.807) is 25.1 Å². The molecule has 0 aliphatic carbocycles. The van der Waals surface area contributed by atoms with Gasteiger partial charge in [0.15, 0.2) is 0 Å². The molecule has 1 aromatic rings. The molecule has 1 aromatic carbocycles. The minimum Gasteiger partial charge on any atom is -0.508 e. The third-order valence-electron chi connectivity index (χ3n) is 2.43. The molecule has 0 amide bonds. The number of phenolic OH excluding ortho intramolecular Hbond substituents is 1. The molecule has 2 rings (SSSR count). The fourth-order valence-electron chi connectivity index (χ4n) is 1.50. The first-order valence-corrected chi connectivity index (χ1v) is 4.93. The standard InChI is InChI=1S/C11H14O4/c1-7-6-8(2-3-9(7)12)15-11-10(13)4-5-14-11/h2-3,6,10-13H,4-5H2,1H3/t10-,11+/m1/s1. The van der Waals surface area contributed by atoms with E-state index in [-0.39, 0.29) is 5.75 Å². The predicted octanol–water partition coefficient (Wildman–Crippen LogP) is 1.19. The van der Waals surface area contributed by atoms with Gasteiger partial charge < -0.3 is 19.7 Å². The monoisotopic (exact) mass is 210 g/mol. The SMILES string of the molecule is Cc1cc(O[C@@H]2OCC[C@H]2O)ccc1O. The molecule has 1 heterocycles. The van der Waals surface area contributed by atoms with E-state index in [9.17, 15) is 10.2 Å². The molecule has 0 saturated carbocycles. The summed E-state index contributed by atoms with van der Waals surface area (Å²) in [6.07, 6.45) is -0.560. The van der Waals surface area contributed by atoms with Crippen LogP contribution in [0.4, 0.5) is 0 Å². The topological polar surface area (TPSA) is 58.9 Å². The lowest BCUT2D eigenvalue weighted by atomic mass is 10.2. The van der Waals surface area contributed by atoms with Crippen molar-refractivity contribution in [1.82, 2.24) is 0 Å². The number of hydrogen-bond donors (Lipinski definition) is 2. The van der Waals surface area contributed by atoms with Gasteiger partial charge in [-0.3, -0.25) is 0 Å². The van der Waals surface area contributed by atoms with Crippen LogP contribution in [-0.4, -0.2) is 29.2 Å². The number of aliphatic hydroxyl groups is 1. The molecule has 0 bridgehead atoms. The summed E-state index contributed by atoms with van der Waals surface area (Å²) in [6, 6.07) is 4.92. The second-order valence-electron chi connectivity index (χ2n) is 3.66. The van der Waals surface area contributed by atoms with Crippen LogP contribution in [0.1, 0.15) is 12.0 Å². The van der Waals surface area contributed by atoms with Crippen molar-refractivity contribution in [3.63, 3.8) is 0 Å². The Hall–Kier alpha value is -1.26. The summed E-state index contributed by atoms with van der Waals surface area (Å²) >= 11 is 0. The molecule has 2 atom stereocenters. The van der Waals surface area contributed by atoms with Crippen molar-refractivity contribution in [3.05, 3.63) is 23.8 Å². The highest BCUT2D eigenvalue weighted by atomic mass is 16.7. The molecule has 1 aliphatic heterocycles. The number of ether oxygens (including phenoxy) is 2. The van der Waals surface area contributed by atoms with Gasteiger partial charge in [0.25, 0.3) is 0 Å². The molecule has 4 heteroatoms. The first-order chi connectivity index (χ1) is 7.16. The quantitative estimate of drug-likeness (QED) is 0.769. The van der Waals surface area contributed by atoms with E-state index in [4.69, 9.17) is 9.47 Å². The number of phenols is 1. The number of hydrogen-bond acceptors (Lipinski definition) is 4. The fourth-order valence-corrected chi connectivity index (χ4v) is 1.50. The Bertz CT molecular complexity index is 350. The highest BCUT2D eigenvalue weighted by molar-refractivity contribution is 5.38. The van der Waals surface area contributed by atoms with E-state index in [0.717, 1.165) is 5.56 Å². The van der Waals surface area contributed by atoms with Gasteiger partial charge in [0, 0.05) is 6.42 Å². The zero-order valence-corrected chi connectivity index (χ0v) is 8.51. The van der Waals surface area contributed by atoms with Crippen molar-refractivity contribution in [1.29, 1.82) is 0 Å². The third-order valence-corrected chi connectivity index (χ3v) is 2.43. The van der Waals surface area contributed by atoms with E-state index in [2.05, 4.69) is 0 Å². The van der Waals surface area contributed by atoms with Crippen LogP contribution in [0.25, 0.3) is 0 Å². The summed E-state index contributed by atoms with van der Waals surface area (Å²) in [6.45, 7) is 2.30. The summed E-state index contributed by atoms with van der Waals surface area (Å²) in [7, 11) is 0. The van der Waals surface area contributed by atoms with Crippen molar-refractivity contribution in [3.8, 4) is 11.5 Å². The Labute approximate surface area is 88.1 Å². The maximum atomic E-state index is 9.47. The largest absolute Gasteiger partial charge is 0.508 e. The van der Waals surface area contributed by atoms with Gasteiger partial charge in [0.1, 0.15) is 17.6 Å². The fraction of sp³-hybridized carbons (Fsp3) is 0.455. The zero-order valence-electron chi connectivity index (χ0n) is 8.51. The molecule has 0 spiro atoms. The van der Waals surface area contributed by atoms with Gasteiger partial charge >= 0.3 is 0 Å². The van der Waals surface area contributed by atoms with Crippen molar-refractivity contribution >= 4 is 0 Å². The van der Waals surface area contributed by atoms with Crippen LogP contribution >= 0.6 is 0 Å². The average molecular weight is 210 g/mol. The lowest BCUT2D eigenvalue weighted by Gasteiger charge is -2.16. The molecular formula is C11H14O4. The maximum absolute atomic E-state index is 9.47. The summed E-state index contributed by atoms with van der Waals surface area (Å²) < 4.78 is 10.6. The van der Waals surface area contributed by atoms with Crippen LogP contribution in [0.15, 0.2) is 18.2 Å².